The molecule has 10 aromatic rings. The second kappa shape index (κ2) is 15.8. The van der Waals surface area contributed by atoms with Gasteiger partial charge in [0.15, 0.2) is 0 Å². The van der Waals surface area contributed by atoms with Crippen LogP contribution < -0.4 is 9.64 Å². The van der Waals surface area contributed by atoms with Crippen LogP contribution in [0.2, 0.25) is 0 Å². The van der Waals surface area contributed by atoms with Crippen LogP contribution in [0.1, 0.15) is 47.2 Å². The quantitative estimate of drug-likeness (QED) is 0.151. The molecule has 2 heteroatoms. The van der Waals surface area contributed by atoms with Crippen LogP contribution in [0.3, 0.4) is 0 Å². The molecule has 0 bridgehead atoms. The molecule has 1 heterocycles. The van der Waals surface area contributed by atoms with Crippen molar-refractivity contribution in [2.24, 2.45) is 0 Å². The van der Waals surface area contributed by atoms with Gasteiger partial charge in [-0.15, -0.1) is 0 Å². The number of rotatable bonds is 8. The highest BCUT2D eigenvalue weighted by atomic mass is 16.5. The van der Waals surface area contributed by atoms with Gasteiger partial charge >= 0.3 is 0 Å². The Labute approximate surface area is 387 Å². The zero-order valence-corrected chi connectivity index (χ0v) is 37.0. The van der Waals surface area contributed by atoms with Crippen molar-refractivity contribution in [3.05, 3.63) is 282 Å². The molecule has 0 fully saturated rings. The van der Waals surface area contributed by atoms with Crippen LogP contribution in [-0.2, 0) is 10.8 Å². The lowest BCUT2D eigenvalue weighted by Crippen LogP contribution is -2.34. The van der Waals surface area contributed by atoms with E-state index in [1.165, 1.54) is 50.1 Å². The first-order chi connectivity index (χ1) is 32.5. The van der Waals surface area contributed by atoms with E-state index in [2.05, 4.69) is 267 Å². The Balaban J connectivity index is 1.14. The van der Waals surface area contributed by atoms with E-state index in [1.807, 2.05) is 0 Å². The smallest absolute Gasteiger partial charge is 0.132 e. The number of fused-ring (bicyclic) bond motifs is 5. The van der Waals surface area contributed by atoms with Gasteiger partial charge < -0.3 is 9.64 Å². The van der Waals surface area contributed by atoms with Gasteiger partial charge in [-0.3, -0.25) is 0 Å². The molecule has 0 aromatic heterocycles. The fourth-order valence-electron chi connectivity index (χ4n) is 10.9. The first kappa shape index (κ1) is 39.4. The number of nitrogens with zero attached hydrogens (tertiary/aromatic N) is 1. The van der Waals surface area contributed by atoms with Crippen molar-refractivity contribution >= 4 is 17.1 Å². The van der Waals surface area contributed by atoms with Gasteiger partial charge in [0.2, 0.25) is 0 Å². The van der Waals surface area contributed by atoms with Gasteiger partial charge in [0.1, 0.15) is 11.5 Å². The van der Waals surface area contributed by atoms with Crippen LogP contribution >= 0.6 is 0 Å². The third-order valence-corrected chi connectivity index (χ3v) is 14.0. The average molecular weight is 846 g/mol. The predicted octanol–water partition coefficient (Wildman–Crippen LogP) is 17.0. The van der Waals surface area contributed by atoms with Crippen LogP contribution in [-0.4, -0.2) is 0 Å². The van der Waals surface area contributed by atoms with Gasteiger partial charge in [0, 0.05) is 33.5 Å². The minimum atomic E-state index is -0.677. The van der Waals surface area contributed by atoms with E-state index in [0.717, 1.165) is 56.4 Å². The Bertz CT molecular complexity index is 3370. The number of para-hydroxylation sites is 1. The summed E-state index contributed by atoms with van der Waals surface area (Å²) in [5.74, 6) is 1.70. The van der Waals surface area contributed by atoms with E-state index >= 15 is 0 Å². The number of ether oxygens (including phenoxy) is 1. The average Bonchev–Trinajstić information content (AvgIpc) is 3.62. The van der Waals surface area contributed by atoms with Crippen molar-refractivity contribution in [2.45, 2.75) is 24.7 Å². The summed E-state index contributed by atoms with van der Waals surface area (Å²) in [7, 11) is 0. The molecule has 0 radical (unpaired) electrons. The Hall–Kier alpha value is -8.20. The molecular formula is C64H47NO. The number of hydrogen-bond donors (Lipinski definition) is 0. The van der Waals surface area contributed by atoms with Crippen molar-refractivity contribution in [3.8, 4) is 56.0 Å². The summed E-state index contributed by atoms with van der Waals surface area (Å²) in [6.07, 6.45) is 0. The molecule has 0 N–H and O–H groups in total. The maximum absolute atomic E-state index is 6.93. The molecule has 0 amide bonds. The molecular weight excluding hydrogens is 799 g/mol. The lowest BCUT2D eigenvalue weighted by atomic mass is 9.63. The highest BCUT2D eigenvalue weighted by Crippen LogP contribution is 2.57. The third-order valence-electron chi connectivity index (χ3n) is 14.0. The lowest BCUT2D eigenvalue weighted by molar-refractivity contribution is 0.434. The highest BCUT2D eigenvalue weighted by Gasteiger charge is 2.46. The van der Waals surface area contributed by atoms with E-state index in [-0.39, 0.29) is 5.41 Å². The van der Waals surface area contributed by atoms with Crippen LogP contribution in [0.4, 0.5) is 17.1 Å². The Morgan fingerprint density at radius 1 is 0.318 bits per heavy atom. The second-order valence-electron chi connectivity index (χ2n) is 18.0. The van der Waals surface area contributed by atoms with Gasteiger partial charge in [-0.25, -0.2) is 0 Å². The molecule has 1 aliphatic carbocycles. The number of anilines is 3. The molecule has 0 saturated carbocycles. The number of benzene rings is 10. The fourth-order valence-corrected chi connectivity index (χ4v) is 10.9. The van der Waals surface area contributed by atoms with Gasteiger partial charge in [0.05, 0.1) is 11.1 Å². The molecule has 0 unspecified atom stereocenters. The number of hydrogen-bond acceptors (Lipinski definition) is 2. The predicted molar refractivity (Wildman–Crippen MR) is 273 cm³/mol. The first-order valence-corrected chi connectivity index (χ1v) is 22.9. The second-order valence-corrected chi connectivity index (χ2v) is 18.0. The minimum Gasteiger partial charge on any atom is -0.457 e. The third kappa shape index (κ3) is 6.25. The SMILES string of the molecule is CC1(C)c2ccccc2-c2ccc(N(c3ccc4c(c3)C(c3ccccc3)(c3ccccc3)c3ccccc3O4)c3ccc(-c4ccccc4-c4ccccc4)cc3-c3ccccc3)cc21. The normalized spacial score (nSPS) is 13.7. The van der Waals surface area contributed by atoms with E-state index in [9.17, 15) is 0 Å². The van der Waals surface area contributed by atoms with Crippen LogP contribution in [0.25, 0.3) is 44.5 Å². The van der Waals surface area contributed by atoms with Crippen molar-refractivity contribution in [1.82, 2.24) is 0 Å². The summed E-state index contributed by atoms with van der Waals surface area (Å²) in [5.41, 5.74) is 19.2. The van der Waals surface area contributed by atoms with Crippen molar-refractivity contribution in [1.29, 1.82) is 0 Å². The van der Waals surface area contributed by atoms with E-state index in [0.29, 0.717) is 0 Å². The molecule has 2 aliphatic rings. The molecule has 1 aliphatic heterocycles. The van der Waals surface area contributed by atoms with E-state index < -0.39 is 5.41 Å². The molecule has 314 valence electrons. The Morgan fingerprint density at radius 3 is 1.44 bits per heavy atom. The largest absolute Gasteiger partial charge is 0.457 e. The van der Waals surface area contributed by atoms with Crippen LogP contribution in [0.15, 0.2) is 249 Å². The molecule has 66 heavy (non-hydrogen) atoms. The first-order valence-electron chi connectivity index (χ1n) is 22.9. The van der Waals surface area contributed by atoms with Gasteiger partial charge in [0.25, 0.3) is 0 Å². The van der Waals surface area contributed by atoms with Crippen molar-refractivity contribution in [2.75, 3.05) is 4.90 Å². The topological polar surface area (TPSA) is 12.5 Å². The highest BCUT2D eigenvalue weighted by molar-refractivity contribution is 5.94. The van der Waals surface area contributed by atoms with Gasteiger partial charge in [-0.2, -0.15) is 0 Å². The summed E-state index contributed by atoms with van der Waals surface area (Å²) in [4.78, 5) is 2.48. The Kier molecular flexibility index (Phi) is 9.43. The van der Waals surface area contributed by atoms with Crippen molar-refractivity contribution in [3.63, 3.8) is 0 Å². The van der Waals surface area contributed by atoms with E-state index in [1.54, 1.807) is 0 Å². The van der Waals surface area contributed by atoms with Gasteiger partial charge in [-0.05, 0) is 110 Å². The van der Waals surface area contributed by atoms with Crippen LogP contribution in [0.5, 0.6) is 11.5 Å². The molecule has 10 aromatic carbocycles. The molecule has 0 saturated heterocycles. The zero-order valence-electron chi connectivity index (χ0n) is 37.0. The van der Waals surface area contributed by atoms with Gasteiger partial charge in [-0.1, -0.05) is 214 Å². The monoisotopic (exact) mass is 845 g/mol. The summed E-state index contributed by atoms with van der Waals surface area (Å²) in [5, 5.41) is 0. The van der Waals surface area contributed by atoms with Crippen molar-refractivity contribution < 1.29 is 4.74 Å². The van der Waals surface area contributed by atoms with Crippen LogP contribution in [0, 0.1) is 0 Å². The fraction of sp³-hybridized carbons (Fsp3) is 0.0625. The summed E-state index contributed by atoms with van der Waals surface area (Å²) in [6.45, 7) is 4.73. The van der Waals surface area contributed by atoms with E-state index in [4.69, 9.17) is 4.74 Å². The Morgan fingerprint density at radius 2 is 0.788 bits per heavy atom. The molecule has 12 rings (SSSR count). The standard InChI is InChI=1S/C64H47NO/c1-63(2)56-32-18-17-31-53(56)54-38-36-49(42-58(54)63)65(60-39-35-46(41-55(60)45-23-9-4-10-24-45)52-30-16-15-29-51(52)44-21-7-3-8-22-44)50-37-40-62-59(43-50)64(47-25-11-5-12-26-47,48-27-13-6-14-28-48)57-33-19-20-34-61(57)66-62/h3-43H,1-2H3. The molecule has 0 spiro atoms. The summed E-state index contributed by atoms with van der Waals surface area (Å²) >= 11 is 0. The minimum absolute atomic E-state index is 0.190. The lowest BCUT2D eigenvalue weighted by Gasteiger charge is -2.42. The molecule has 0 atom stereocenters. The summed E-state index contributed by atoms with van der Waals surface area (Å²) in [6, 6.07) is 90.6. The summed E-state index contributed by atoms with van der Waals surface area (Å²) < 4.78 is 6.93. The maximum Gasteiger partial charge on any atom is 0.132 e. The zero-order chi connectivity index (χ0) is 44.2. The maximum atomic E-state index is 6.93. The molecule has 2 nitrogen and oxygen atoms in total.